The quantitative estimate of drug-likeness (QED) is 0.640. The molecule has 0 spiro atoms. The number of aryl methyl sites for hydroxylation is 2. The van der Waals surface area contributed by atoms with Gasteiger partial charge in [0.1, 0.15) is 5.69 Å². The molecule has 0 amide bonds. The van der Waals surface area contributed by atoms with Gasteiger partial charge in [0, 0.05) is 12.6 Å². The molecule has 0 radical (unpaired) electrons. The van der Waals surface area contributed by atoms with Crippen LogP contribution in [0, 0.1) is 17.0 Å². The van der Waals surface area contributed by atoms with Gasteiger partial charge in [-0.15, -0.1) is 0 Å². The van der Waals surface area contributed by atoms with Crippen molar-refractivity contribution in [2.24, 2.45) is 0 Å². The molecule has 7 nitrogen and oxygen atoms in total. The second kappa shape index (κ2) is 6.01. The molecule has 1 atom stereocenters. The van der Waals surface area contributed by atoms with E-state index in [1.165, 1.54) is 0 Å². The van der Waals surface area contributed by atoms with Crippen molar-refractivity contribution in [1.29, 1.82) is 0 Å². The number of nitro groups is 1. The first-order valence-electron chi connectivity index (χ1n) is 6.82. The second-order valence-electron chi connectivity index (χ2n) is 4.88. The van der Waals surface area contributed by atoms with Gasteiger partial charge in [-0.05, 0) is 46.2 Å². The molecule has 1 aliphatic heterocycles. The monoisotopic (exact) mass is 267 g/mol. The summed E-state index contributed by atoms with van der Waals surface area (Å²) in [7, 11) is 0. The van der Waals surface area contributed by atoms with E-state index in [4.69, 9.17) is 0 Å². The van der Waals surface area contributed by atoms with Gasteiger partial charge in [-0.2, -0.15) is 5.10 Å². The van der Waals surface area contributed by atoms with Crippen LogP contribution >= 0.6 is 0 Å². The van der Waals surface area contributed by atoms with Crippen LogP contribution in [0.2, 0.25) is 0 Å². The van der Waals surface area contributed by atoms with Gasteiger partial charge >= 0.3 is 5.69 Å². The van der Waals surface area contributed by atoms with E-state index in [0.29, 0.717) is 18.1 Å². The van der Waals surface area contributed by atoms with Crippen molar-refractivity contribution in [3.63, 3.8) is 0 Å². The lowest BCUT2D eigenvalue weighted by atomic mass is 10.1. The lowest BCUT2D eigenvalue weighted by Crippen LogP contribution is -2.23. The zero-order valence-corrected chi connectivity index (χ0v) is 11.5. The molecule has 7 heteroatoms. The molecule has 0 saturated carbocycles. The third-order valence-corrected chi connectivity index (χ3v) is 3.49. The highest BCUT2D eigenvalue weighted by Crippen LogP contribution is 2.29. The van der Waals surface area contributed by atoms with Crippen LogP contribution in [-0.2, 0) is 6.54 Å². The zero-order chi connectivity index (χ0) is 13.8. The Kier molecular flexibility index (Phi) is 4.36. The highest BCUT2D eigenvalue weighted by molar-refractivity contribution is 5.60. The predicted molar refractivity (Wildman–Crippen MR) is 73.4 cm³/mol. The van der Waals surface area contributed by atoms with Crippen LogP contribution in [0.5, 0.6) is 0 Å². The second-order valence-corrected chi connectivity index (χ2v) is 4.88. The van der Waals surface area contributed by atoms with Crippen LogP contribution in [0.1, 0.15) is 31.9 Å². The maximum Gasteiger partial charge on any atom is 0.333 e. The summed E-state index contributed by atoms with van der Waals surface area (Å²) < 4.78 is 1.69. The first kappa shape index (κ1) is 13.8. The third kappa shape index (κ3) is 3.04. The van der Waals surface area contributed by atoms with Gasteiger partial charge in [-0.25, -0.2) is 4.68 Å². The minimum Gasteiger partial charge on any atom is -0.362 e. The van der Waals surface area contributed by atoms with Crippen LogP contribution in [0.4, 0.5) is 11.5 Å². The fourth-order valence-electron chi connectivity index (χ4n) is 2.52. The Labute approximate surface area is 112 Å². The lowest BCUT2D eigenvalue weighted by Gasteiger charge is -2.17. The van der Waals surface area contributed by atoms with Crippen molar-refractivity contribution >= 4 is 11.5 Å². The van der Waals surface area contributed by atoms with E-state index < -0.39 is 0 Å². The zero-order valence-electron chi connectivity index (χ0n) is 11.5. The molecule has 0 aromatic carbocycles. The van der Waals surface area contributed by atoms with Crippen LogP contribution in [-0.4, -0.2) is 33.8 Å². The minimum absolute atomic E-state index is 0.110. The molecular weight excluding hydrogens is 246 g/mol. The number of hydrogen-bond acceptors (Lipinski definition) is 5. The Hall–Kier alpha value is -1.63. The average Bonchev–Trinajstić information content (AvgIpc) is 2.54. The van der Waals surface area contributed by atoms with Crippen LogP contribution in [0.3, 0.4) is 0 Å². The summed E-state index contributed by atoms with van der Waals surface area (Å²) in [5.41, 5.74) is 0.583. The molecule has 2 rings (SSSR count). The summed E-state index contributed by atoms with van der Waals surface area (Å²) in [6.45, 7) is 6.22. The third-order valence-electron chi connectivity index (χ3n) is 3.49. The molecule has 2 heterocycles. The van der Waals surface area contributed by atoms with Crippen molar-refractivity contribution in [3.8, 4) is 0 Å². The van der Waals surface area contributed by atoms with E-state index in [1.54, 1.807) is 11.6 Å². The molecule has 106 valence electrons. The Morgan fingerprint density at radius 1 is 1.53 bits per heavy atom. The normalized spacial score (nSPS) is 20.0. The Balaban J connectivity index is 2.24. The first-order chi connectivity index (χ1) is 9.13. The number of rotatable bonds is 4. The summed E-state index contributed by atoms with van der Waals surface area (Å²) in [6.07, 6.45) is 3.09. The van der Waals surface area contributed by atoms with Crippen LogP contribution in [0.15, 0.2) is 0 Å². The number of anilines is 1. The number of aromatic nitrogens is 2. The molecule has 1 saturated heterocycles. The van der Waals surface area contributed by atoms with Gasteiger partial charge in [0.2, 0.25) is 5.82 Å². The molecule has 1 aromatic rings. The smallest absolute Gasteiger partial charge is 0.333 e. The average molecular weight is 267 g/mol. The van der Waals surface area contributed by atoms with E-state index in [2.05, 4.69) is 15.7 Å². The standard InChI is InChI=1S/C12H21N5O2/c1-3-16-12(11(17(18)19)9(2)15-16)14-10-5-4-7-13-8-6-10/h10,13-14H,3-8H2,1-2H3. The number of nitrogens with zero attached hydrogens (tertiary/aromatic N) is 3. The Morgan fingerprint density at radius 2 is 2.32 bits per heavy atom. The van der Waals surface area contributed by atoms with Gasteiger partial charge in [0.05, 0.1) is 4.92 Å². The van der Waals surface area contributed by atoms with E-state index in [0.717, 1.165) is 32.4 Å². The van der Waals surface area contributed by atoms with E-state index in [-0.39, 0.29) is 16.7 Å². The maximum atomic E-state index is 11.2. The topological polar surface area (TPSA) is 85.0 Å². The molecule has 1 fully saturated rings. The molecular formula is C12H21N5O2. The van der Waals surface area contributed by atoms with Gasteiger partial charge in [-0.3, -0.25) is 10.1 Å². The minimum atomic E-state index is -0.341. The molecule has 0 aliphatic carbocycles. The van der Waals surface area contributed by atoms with E-state index in [1.807, 2.05) is 6.92 Å². The summed E-state index contributed by atoms with van der Waals surface area (Å²) in [4.78, 5) is 10.8. The molecule has 19 heavy (non-hydrogen) atoms. The molecule has 1 aliphatic rings. The van der Waals surface area contributed by atoms with Gasteiger partial charge in [0.15, 0.2) is 0 Å². The number of hydrogen-bond donors (Lipinski definition) is 2. The first-order valence-corrected chi connectivity index (χ1v) is 6.82. The maximum absolute atomic E-state index is 11.2. The van der Waals surface area contributed by atoms with Crippen molar-refractivity contribution in [2.45, 2.75) is 45.7 Å². The van der Waals surface area contributed by atoms with Crippen molar-refractivity contribution < 1.29 is 4.92 Å². The summed E-state index contributed by atoms with van der Waals surface area (Å²) >= 11 is 0. The van der Waals surface area contributed by atoms with Crippen LogP contribution in [0.25, 0.3) is 0 Å². The number of nitrogens with one attached hydrogen (secondary N) is 2. The van der Waals surface area contributed by atoms with Crippen molar-refractivity contribution in [3.05, 3.63) is 15.8 Å². The fraction of sp³-hybridized carbons (Fsp3) is 0.750. The van der Waals surface area contributed by atoms with Gasteiger partial charge in [0.25, 0.3) is 0 Å². The SMILES string of the molecule is CCn1nc(C)c([N+](=O)[O-])c1NC1CCCNCC1. The predicted octanol–water partition coefficient (Wildman–Crippen LogP) is 1.67. The highest BCUT2D eigenvalue weighted by atomic mass is 16.6. The molecule has 0 bridgehead atoms. The summed E-state index contributed by atoms with van der Waals surface area (Å²) in [5.74, 6) is 0.553. The van der Waals surface area contributed by atoms with Gasteiger partial charge < -0.3 is 10.6 Å². The highest BCUT2D eigenvalue weighted by Gasteiger charge is 2.26. The van der Waals surface area contributed by atoms with E-state index in [9.17, 15) is 10.1 Å². The largest absolute Gasteiger partial charge is 0.362 e. The summed E-state index contributed by atoms with van der Waals surface area (Å²) in [5, 5.41) is 22.1. The Morgan fingerprint density at radius 3 is 3.00 bits per heavy atom. The lowest BCUT2D eigenvalue weighted by molar-refractivity contribution is -0.384. The van der Waals surface area contributed by atoms with Crippen molar-refractivity contribution in [1.82, 2.24) is 15.1 Å². The summed E-state index contributed by atoms with van der Waals surface area (Å²) in [6, 6.07) is 0.273. The Bertz CT molecular complexity index is 449. The van der Waals surface area contributed by atoms with Crippen LogP contribution < -0.4 is 10.6 Å². The fourth-order valence-corrected chi connectivity index (χ4v) is 2.52. The molecule has 2 N–H and O–H groups in total. The van der Waals surface area contributed by atoms with E-state index >= 15 is 0 Å². The van der Waals surface area contributed by atoms with Crippen molar-refractivity contribution in [2.75, 3.05) is 18.4 Å². The molecule has 1 aromatic heterocycles. The van der Waals surface area contributed by atoms with Gasteiger partial charge in [-0.1, -0.05) is 0 Å². The molecule has 1 unspecified atom stereocenters.